The van der Waals surface area contributed by atoms with Crippen LogP contribution in [0.2, 0.25) is 0 Å². The summed E-state index contributed by atoms with van der Waals surface area (Å²) in [4.78, 5) is 18.0. The molecule has 0 atom stereocenters. The number of H-pyrrole nitrogens is 1. The highest BCUT2D eigenvalue weighted by Crippen LogP contribution is 2.13. The van der Waals surface area contributed by atoms with Gasteiger partial charge in [0.1, 0.15) is 0 Å². The Labute approximate surface area is 118 Å². The lowest BCUT2D eigenvalue weighted by Gasteiger charge is -2.13. The van der Waals surface area contributed by atoms with Gasteiger partial charge in [-0.15, -0.1) is 0 Å². The molecule has 20 heavy (non-hydrogen) atoms. The van der Waals surface area contributed by atoms with E-state index >= 15 is 0 Å². The number of nitrogens with one attached hydrogen (secondary N) is 3. The van der Waals surface area contributed by atoms with Crippen LogP contribution in [-0.2, 0) is 6.54 Å². The van der Waals surface area contributed by atoms with Crippen molar-refractivity contribution in [1.82, 2.24) is 19.9 Å². The molecule has 0 aliphatic rings. The van der Waals surface area contributed by atoms with Gasteiger partial charge >= 0.3 is 0 Å². The zero-order valence-electron chi connectivity index (χ0n) is 12.4. The Morgan fingerprint density at radius 2 is 1.80 bits per heavy atom. The van der Waals surface area contributed by atoms with E-state index < -0.39 is 0 Å². The maximum atomic E-state index is 4.39. The number of hydrogen-bond acceptors (Lipinski definition) is 6. The fourth-order valence-corrected chi connectivity index (χ4v) is 1.72. The van der Waals surface area contributed by atoms with Gasteiger partial charge in [0.2, 0.25) is 17.8 Å². The first-order valence-corrected chi connectivity index (χ1v) is 6.63. The third-order valence-electron chi connectivity index (χ3n) is 2.86. The number of aromatic amines is 1. The molecular weight excluding hydrogens is 254 g/mol. The van der Waals surface area contributed by atoms with Crippen LogP contribution in [0.5, 0.6) is 0 Å². The van der Waals surface area contributed by atoms with Gasteiger partial charge in [-0.25, -0.2) is 0 Å². The molecule has 0 saturated heterocycles. The molecule has 0 radical (unpaired) electrons. The smallest absolute Gasteiger partial charge is 0.231 e. The van der Waals surface area contributed by atoms with E-state index in [1.54, 1.807) is 0 Å². The second-order valence-corrected chi connectivity index (χ2v) is 4.72. The van der Waals surface area contributed by atoms with Crippen molar-refractivity contribution in [2.24, 2.45) is 0 Å². The fraction of sp³-hybridized carbons (Fsp3) is 0.462. The zero-order chi connectivity index (χ0) is 14.5. The van der Waals surface area contributed by atoms with Crippen LogP contribution in [0.15, 0.2) is 12.4 Å². The third kappa shape index (κ3) is 3.37. The van der Waals surface area contributed by atoms with E-state index in [0.717, 1.165) is 6.54 Å². The van der Waals surface area contributed by atoms with Crippen molar-refractivity contribution < 1.29 is 0 Å². The van der Waals surface area contributed by atoms with Crippen molar-refractivity contribution in [1.29, 1.82) is 0 Å². The molecule has 2 aromatic rings. The summed E-state index contributed by atoms with van der Waals surface area (Å²) in [7, 11) is 3.82. The Kier molecular flexibility index (Phi) is 4.39. The molecule has 2 aromatic heterocycles. The van der Waals surface area contributed by atoms with Crippen molar-refractivity contribution in [3.05, 3.63) is 23.5 Å². The number of rotatable bonds is 6. The van der Waals surface area contributed by atoms with Crippen LogP contribution >= 0.6 is 0 Å². The van der Waals surface area contributed by atoms with Gasteiger partial charge in [0.25, 0.3) is 0 Å². The molecule has 7 nitrogen and oxygen atoms in total. The van der Waals surface area contributed by atoms with Gasteiger partial charge in [0, 0.05) is 39.6 Å². The summed E-state index contributed by atoms with van der Waals surface area (Å²) in [5.41, 5.74) is 2.41. The molecule has 2 heterocycles. The number of anilines is 3. The monoisotopic (exact) mass is 275 g/mol. The van der Waals surface area contributed by atoms with E-state index in [0.29, 0.717) is 24.4 Å². The van der Waals surface area contributed by atoms with E-state index in [4.69, 9.17) is 0 Å². The topological polar surface area (TPSA) is 81.8 Å². The Morgan fingerprint density at radius 1 is 1.10 bits per heavy atom. The number of hydrogen-bond donors (Lipinski definition) is 3. The SMILES string of the molecule is CCNc1nc(NCc2c[nH]cc2C)nc(N(C)C)n1. The van der Waals surface area contributed by atoms with E-state index in [2.05, 4.69) is 37.5 Å². The van der Waals surface area contributed by atoms with Crippen LogP contribution in [0.25, 0.3) is 0 Å². The Bertz CT molecular complexity index is 562. The summed E-state index contributed by atoms with van der Waals surface area (Å²) in [6, 6.07) is 0. The van der Waals surface area contributed by atoms with Crippen molar-refractivity contribution >= 4 is 17.8 Å². The molecule has 0 saturated carbocycles. The second kappa shape index (κ2) is 6.23. The van der Waals surface area contributed by atoms with Gasteiger partial charge in [-0.05, 0) is 25.0 Å². The second-order valence-electron chi connectivity index (χ2n) is 4.72. The van der Waals surface area contributed by atoms with Crippen molar-refractivity contribution in [2.45, 2.75) is 20.4 Å². The summed E-state index contributed by atoms with van der Waals surface area (Å²) in [6.45, 7) is 5.52. The Hall–Kier alpha value is -2.31. The van der Waals surface area contributed by atoms with Crippen LogP contribution < -0.4 is 15.5 Å². The fourth-order valence-electron chi connectivity index (χ4n) is 1.72. The van der Waals surface area contributed by atoms with Gasteiger partial charge in [0.15, 0.2) is 0 Å². The summed E-state index contributed by atoms with van der Waals surface area (Å²) < 4.78 is 0. The lowest BCUT2D eigenvalue weighted by molar-refractivity contribution is 0.935. The standard InChI is InChI=1S/C13H21N7/c1-5-15-11-17-12(19-13(18-11)20(3)4)16-8-10-7-14-6-9(10)2/h6-7,14H,5,8H2,1-4H3,(H2,15,16,17,18,19). The summed E-state index contributed by atoms with van der Waals surface area (Å²) in [6.07, 6.45) is 3.95. The lowest BCUT2D eigenvalue weighted by atomic mass is 10.2. The molecule has 0 aliphatic heterocycles. The van der Waals surface area contributed by atoms with Gasteiger partial charge in [0.05, 0.1) is 0 Å². The molecule has 2 rings (SSSR count). The predicted molar refractivity (Wildman–Crippen MR) is 81.2 cm³/mol. The average Bonchev–Trinajstić information content (AvgIpc) is 2.82. The summed E-state index contributed by atoms with van der Waals surface area (Å²) >= 11 is 0. The normalized spacial score (nSPS) is 10.4. The lowest BCUT2D eigenvalue weighted by Crippen LogP contribution is -2.17. The van der Waals surface area contributed by atoms with Crippen LogP contribution in [0.4, 0.5) is 17.8 Å². The molecular formula is C13H21N7. The first-order valence-electron chi connectivity index (χ1n) is 6.63. The average molecular weight is 275 g/mol. The van der Waals surface area contributed by atoms with E-state index in [9.17, 15) is 0 Å². The predicted octanol–water partition coefficient (Wildman–Crippen LogP) is 1.62. The van der Waals surface area contributed by atoms with Crippen LogP contribution in [0, 0.1) is 6.92 Å². The maximum absolute atomic E-state index is 4.39. The summed E-state index contributed by atoms with van der Waals surface area (Å²) in [5, 5.41) is 6.35. The molecule has 0 aliphatic carbocycles. The van der Waals surface area contributed by atoms with E-state index in [1.807, 2.05) is 38.3 Å². The number of nitrogens with zero attached hydrogens (tertiary/aromatic N) is 4. The van der Waals surface area contributed by atoms with Gasteiger partial charge < -0.3 is 20.5 Å². The minimum absolute atomic E-state index is 0.570. The van der Waals surface area contributed by atoms with Crippen molar-refractivity contribution in [3.63, 3.8) is 0 Å². The largest absolute Gasteiger partial charge is 0.367 e. The molecule has 0 unspecified atom stereocenters. The molecule has 0 fully saturated rings. The number of aromatic nitrogens is 4. The minimum atomic E-state index is 0.570. The first kappa shape index (κ1) is 14.1. The van der Waals surface area contributed by atoms with Crippen LogP contribution in [0.3, 0.4) is 0 Å². The van der Waals surface area contributed by atoms with Gasteiger partial charge in [-0.3, -0.25) is 0 Å². The Morgan fingerprint density at radius 3 is 2.35 bits per heavy atom. The summed E-state index contributed by atoms with van der Waals surface area (Å²) in [5.74, 6) is 1.78. The van der Waals surface area contributed by atoms with E-state index in [-0.39, 0.29) is 0 Å². The third-order valence-corrected chi connectivity index (χ3v) is 2.86. The highest BCUT2D eigenvalue weighted by atomic mass is 15.3. The molecule has 0 aromatic carbocycles. The van der Waals surface area contributed by atoms with Crippen molar-refractivity contribution in [3.8, 4) is 0 Å². The maximum Gasteiger partial charge on any atom is 0.231 e. The van der Waals surface area contributed by atoms with Crippen LogP contribution in [-0.4, -0.2) is 40.6 Å². The number of aryl methyl sites for hydroxylation is 1. The highest BCUT2D eigenvalue weighted by molar-refractivity contribution is 5.43. The van der Waals surface area contributed by atoms with Gasteiger partial charge in [-0.1, -0.05) is 0 Å². The first-order chi connectivity index (χ1) is 9.60. The molecule has 108 valence electrons. The quantitative estimate of drug-likeness (QED) is 0.743. The molecule has 0 spiro atoms. The van der Waals surface area contributed by atoms with Crippen LogP contribution in [0.1, 0.15) is 18.1 Å². The molecule has 0 bridgehead atoms. The molecule has 7 heteroatoms. The van der Waals surface area contributed by atoms with E-state index in [1.165, 1.54) is 11.1 Å². The minimum Gasteiger partial charge on any atom is -0.367 e. The molecule has 3 N–H and O–H groups in total. The van der Waals surface area contributed by atoms with Gasteiger partial charge in [-0.2, -0.15) is 15.0 Å². The Balaban J connectivity index is 2.15. The molecule has 0 amide bonds. The zero-order valence-corrected chi connectivity index (χ0v) is 12.4. The van der Waals surface area contributed by atoms with Crippen molar-refractivity contribution in [2.75, 3.05) is 36.2 Å². The highest BCUT2D eigenvalue weighted by Gasteiger charge is 2.08.